The molecule has 0 unspecified atom stereocenters. The first kappa shape index (κ1) is 12.1. The molecule has 1 rings (SSSR count). The van der Waals surface area contributed by atoms with Crippen LogP contribution in [0.15, 0.2) is 0 Å². The summed E-state index contributed by atoms with van der Waals surface area (Å²) >= 11 is 0. The number of ether oxygens (including phenoxy) is 2. The Kier molecular flexibility index (Phi) is 5.23. The van der Waals surface area contributed by atoms with E-state index < -0.39 is 0 Å². The van der Waals surface area contributed by atoms with E-state index in [0.717, 1.165) is 0 Å². The molecule has 0 saturated carbocycles. The van der Waals surface area contributed by atoms with E-state index in [4.69, 9.17) is 9.47 Å². The van der Waals surface area contributed by atoms with Gasteiger partial charge in [0.1, 0.15) is 0 Å². The summed E-state index contributed by atoms with van der Waals surface area (Å²) in [5.74, 6) is -0.494. The number of imide groups is 1. The van der Waals surface area contributed by atoms with E-state index in [9.17, 15) is 9.59 Å². The first-order valence-corrected chi connectivity index (χ1v) is 4.84. The number of nitrogens with zero attached hydrogens (tertiary/aromatic N) is 1. The van der Waals surface area contributed by atoms with Crippen LogP contribution in [0.2, 0.25) is 0 Å². The fraction of sp³-hybridized carbons (Fsp3) is 0.778. The Bertz CT molecular complexity index is 216. The maximum Gasteiger partial charge on any atom is 0.240 e. The monoisotopic (exact) mass is 216 g/mol. The Morgan fingerprint density at radius 2 is 1.87 bits per heavy atom. The van der Waals surface area contributed by atoms with E-state index in [-0.39, 0.29) is 24.9 Å². The second-order valence-corrected chi connectivity index (χ2v) is 3.29. The third-order valence-electron chi connectivity index (χ3n) is 2.00. The Morgan fingerprint density at radius 1 is 1.20 bits per heavy atom. The van der Waals surface area contributed by atoms with Crippen molar-refractivity contribution in [1.82, 2.24) is 10.2 Å². The molecule has 0 aromatic carbocycles. The lowest BCUT2D eigenvalue weighted by Crippen LogP contribution is -2.52. The van der Waals surface area contributed by atoms with Crippen LogP contribution in [0.3, 0.4) is 0 Å². The van der Waals surface area contributed by atoms with Crippen molar-refractivity contribution in [2.24, 2.45) is 0 Å². The van der Waals surface area contributed by atoms with Crippen molar-refractivity contribution in [2.75, 3.05) is 46.6 Å². The van der Waals surface area contributed by atoms with Crippen molar-refractivity contribution in [2.45, 2.75) is 0 Å². The smallest absolute Gasteiger partial charge is 0.240 e. The zero-order chi connectivity index (χ0) is 11.1. The van der Waals surface area contributed by atoms with Crippen molar-refractivity contribution in [3.05, 3.63) is 0 Å². The summed E-state index contributed by atoms with van der Waals surface area (Å²) in [6, 6.07) is 0. The Balaban J connectivity index is 2.10. The van der Waals surface area contributed by atoms with Crippen LogP contribution in [-0.2, 0) is 19.1 Å². The average Bonchev–Trinajstić information content (AvgIpc) is 2.16. The summed E-state index contributed by atoms with van der Waals surface area (Å²) < 4.78 is 10.0. The SMILES string of the molecule is COCCOCCN1CC(=O)NC(=O)C1. The summed E-state index contributed by atoms with van der Waals surface area (Å²) in [6.07, 6.45) is 0. The lowest BCUT2D eigenvalue weighted by atomic mass is 10.3. The van der Waals surface area contributed by atoms with Gasteiger partial charge >= 0.3 is 0 Å². The second kappa shape index (κ2) is 6.49. The number of piperazine rings is 1. The minimum Gasteiger partial charge on any atom is -0.382 e. The van der Waals surface area contributed by atoms with Crippen molar-refractivity contribution in [3.63, 3.8) is 0 Å². The van der Waals surface area contributed by atoms with Crippen LogP contribution in [0.4, 0.5) is 0 Å². The Hall–Kier alpha value is -0.980. The van der Waals surface area contributed by atoms with Gasteiger partial charge in [0, 0.05) is 13.7 Å². The molecule has 0 aliphatic carbocycles. The molecule has 0 atom stereocenters. The quantitative estimate of drug-likeness (QED) is 0.437. The van der Waals surface area contributed by atoms with Crippen molar-refractivity contribution >= 4 is 11.8 Å². The van der Waals surface area contributed by atoms with Crippen molar-refractivity contribution in [1.29, 1.82) is 0 Å². The Labute approximate surface area is 88.5 Å². The van der Waals surface area contributed by atoms with Crippen LogP contribution in [0, 0.1) is 0 Å². The normalized spacial score (nSPS) is 17.9. The highest BCUT2D eigenvalue weighted by atomic mass is 16.5. The molecule has 2 amide bonds. The fourth-order valence-corrected chi connectivity index (χ4v) is 1.29. The highest BCUT2D eigenvalue weighted by Crippen LogP contribution is 1.94. The van der Waals surface area contributed by atoms with Crippen molar-refractivity contribution in [3.8, 4) is 0 Å². The van der Waals surface area contributed by atoms with Gasteiger partial charge in [-0.25, -0.2) is 0 Å². The van der Waals surface area contributed by atoms with Gasteiger partial charge in [0.05, 0.1) is 32.9 Å². The number of nitrogens with one attached hydrogen (secondary N) is 1. The third kappa shape index (κ3) is 4.87. The topological polar surface area (TPSA) is 67.9 Å². The molecule has 1 aliphatic rings. The molecule has 0 aromatic rings. The lowest BCUT2D eigenvalue weighted by molar-refractivity contribution is -0.136. The molecule has 86 valence electrons. The maximum atomic E-state index is 11.0. The van der Waals surface area contributed by atoms with Crippen molar-refractivity contribution < 1.29 is 19.1 Å². The van der Waals surface area contributed by atoms with Gasteiger partial charge in [-0.3, -0.25) is 19.8 Å². The fourth-order valence-electron chi connectivity index (χ4n) is 1.29. The van der Waals surface area contributed by atoms with Crippen LogP contribution in [0.5, 0.6) is 0 Å². The number of hydrogen-bond acceptors (Lipinski definition) is 5. The van der Waals surface area contributed by atoms with E-state index in [1.807, 2.05) is 0 Å². The largest absolute Gasteiger partial charge is 0.382 e. The van der Waals surface area contributed by atoms with Gasteiger partial charge in [-0.1, -0.05) is 0 Å². The number of hydrogen-bond donors (Lipinski definition) is 1. The van der Waals surface area contributed by atoms with E-state index in [1.54, 1.807) is 12.0 Å². The van der Waals surface area contributed by atoms with E-state index in [2.05, 4.69) is 5.32 Å². The summed E-state index contributed by atoms with van der Waals surface area (Å²) in [5.41, 5.74) is 0. The molecule has 1 fully saturated rings. The van der Waals surface area contributed by atoms with Crippen LogP contribution in [0.25, 0.3) is 0 Å². The summed E-state index contributed by atoms with van der Waals surface area (Å²) in [4.78, 5) is 23.7. The van der Waals surface area contributed by atoms with Gasteiger partial charge in [-0.15, -0.1) is 0 Å². The molecule has 0 spiro atoms. The van der Waals surface area contributed by atoms with Gasteiger partial charge in [0.25, 0.3) is 0 Å². The Morgan fingerprint density at radius 3 is 2.47 bits per heavy atom. The molecule has 6 heteroatoms. The van der Waals surface area contributed by atoms with Gasteiger partial charge < -0.3 is 9.47 Å². The second-order valence-electron chi connectivity index (χ2n) is 3.29. The first-order chi connectivity index (χ1) is 7.22. The number of carbonyl (C=O) groups is 2. The molecule has 1 heterocycles. The molecule has 15 heavy (non-hydrogen) atoms. The first-order valence-electron chi connectivity index (χ1n) is 4.84. The lowest BCUT2D eigenvalue weighted by Gasteiger charge is -2.24. The number of methoxy groups -OCH3 is 1. The molecule has 0 aromatic heterocycles. The minimum atomic E-state index is -0.247. The van der Waals surface area contributed by atoms with Crippen LogP contribution in [-0.4, -0.2) is 63.3 Å². The van der Waals surface area contributed by atoms with Crippen LogP contribution >= 0.6 is 0 Å². The number of rotatable bonds is 6. The van der Waals surface area contributed by atoms with Gasteiger partial charge in [0.2, 0.25) is 11.8 Å². The van der Waals surface area contributed by atoms with Gasteiger partial charge in [-0.05, 0) is 0 Å². The standard InChI is InChI=1S/C9H16N2O4/c1-14-4-5-15-3-2-11-6-8(12)10-9(13)7-11/h2-7H2,1H3,(H,10,12,13). The predicted octanol–water partition coefficient (Wildman–Crippen LogP) is -1.39. The van der Waals surface area contributed by atoms with E-state index in [1.165, 1.54) is 0 Å². The zero-order valence-electron chi connectivity index (χ0n) is 8.82. The molecule has 0 radical (unpaired) electrons. The van der Waals surface area contributed by atoms with Gasteiger partial charge in [-0.2, -0.15) is 0 Å². The highest BCUT2D eigenvalue weighted by Gasteiger charge is 2.21. The molecule has 0 bridgehead atoms. The highest BCUT2D eigenvalue weighted by molar-refractivity contribution is 5.99. The van der Waals surface area contributed by atoms with Crippen LogP contribution < -0.4 is 5.32 Å². The minimum absolute atomic E-state index is 0.247. The molecular formula is C9H16N2O4. The molecular weight excluding hydrogens is 200 g/mol. The molecule has 1 aliphatic heterocycles. The zero-order valence-corrected chi connectivity index (χ0v) is 8.82. The number of amides is 2. The summed E-state index contributed by atoms with van der Waals surface area (Å²) in [6.45, 7) is 2.70. The van der Waals surface area contributed by atoms with E-state index in [0.29, 0.717) is 26.4 Å². The maximum absolute atomic E-state index is 11.0. The van der Waals surface area contributed by atoms with Crippen LogP contribution in [0.1, 0.15) is 0 Å². The predicted molar refractivity (Wildman–Crippen MR) is 52.3 cm³/mol. The van der Waals surface area contributed by atoms with Gasteiger partial charge in [0.15, 0.2) is 0 Å². The van der Waals surface area contributed by atoms with E-state index >= 15 is 0 Å². The summed E-state index contributed by atoms with van der Waals surface area (Å²) in [5, 5.41) is 2.24. The molecule has 1 saturated heterocycles. The number of carbonyl (C=O) groups excluding carboxylic acids is 2. The summed E-state index contributed by atoms with van der Waals surface area (Å²) in [7, 11) is 1.61. The third-order valence-corrected chi connectivity index (χ3v) is 2.00. The average molecular weight is 216 g/mol. The molecule has 1 N–H and O–H groups in total. The molecule has 6 nitrogen and oxygen atoms in total.